The van der Waals surface area contributed by atoms with Crippen molar-refractivity contribution in [1.29, 1.82) is 0 Å². The number of benzene rings is 2. The first-order valence-corrected chi connectivity index (χ1v) is 5.69. The molecule has 1 N–H and O–H groups in total. The van der Waals surface area contributed by atoms with Gasteiger partial charge in [0.05, 0.1) is 11.4 Å². The lowest BCUT2D eigenvalue weighted by molar-refractivity contribution is 0.470. The van der Waals surface area contributed by atoms with Gasteiger partial charge in [-0.3, -0.25) is 0 Å². The average molecular weight is 238 g/mol. The van der Waals surface area contributed by atoms with Gasteiger partial charge in [-0.2, -0.15) is 10.2 Å². The van der Waals surface area contributed by atoms with Crippen LogP contribution in [0.5, 0.6) is 5.75 Å². The molecule has 3 heteroatoms. The minimum absolute atomic E-state index is 0.222. The van der Waals surface area contributed by atoms with E-state index in [1.54, 1.807) is 12.1 Å². The molecule has 2 rings (SSSR count). The van der Waals surface area contributed by atoms with Gasteiger partial charge < -0.3 is 5.11 Å². The van der Waals surface area contributed by atoms with Crippen LogP contribution in [0.2, 0.25) is 0 Å². The molecule has 0 saturated heterocycles. The van der Waals surface area contributed by atoms with Crippen LogP contribution in [0.25, 0.3) is 0 Å². The number of rotatable bonds is 4. The standard InChI is InChI=1S/C15H14N2O/c1-2-6-12-9-10-14(11-15(12)18)17-16-13-7-4-3-5-8-13/h2-5,7-11,18H,1,6H2. The summed E-state index contributed by atoms with van der Waals surface area (Å²) < 4.78 is 0. The van der Waals surface area contributed by atoms with E-state index in [4.69, 9.17) is 0 Å². The van der Waals surface area contributed by atoms with Gasteiger partial charge in [-0.25, -0.2) is 0 Å². The van der Waals surface area contributed by atoms with Gasteiger partial charge in [0, 0.05) is 6.07 Å². The van der Waals surface area contributed by atoms with Crippen LogP contribution >= 0.6 is 0 Å². The van der Waals surface area contributed by atoms with Gasteiger partial charge in [-0.05, 0) is 30.2 Å². The van der Waals surface area contributed by atoms with Gasteiger partial charge in [-0.1, -0.05) is 30.3 Å². The third-order valence-corrected chi connectivity index (χ3v) is 2.47. The molecular weight excluding hydrogens is 224 g/mol. The molecule has 90 valence electrons. The molecule has 0 spiro atoms. The largest absolute Gasteiger partial charge is 0.508 e. The molecule has 0 amide bonds. The third-order valence-electron chi connectivity index (χ3n) is 2.47. The summed E-state index contributed by atoms with van der Waals surface area (Å²) >= 11 is 0. The molecule has 0 radical (unpaired) electrons. The van der Waals surface area contributed by atoms with Gasteiger partial charge >= 0.3 is 0 Å². The van der Waals surface area contributed by atoms with Gasteiger partial charge in [0.15, 0.2) is 0 Å². The Morgan fingerprint density at radius 1 is 1.00 bits per heavy atom. The predicted molar refractivity (Wildman–Crippen MR) is 72.6 cm³/mol. The fourth-order valence-corrected chi connectivity index (χ4v) is 1.55. The zero-order valence-corrected chi connectivity index (χ0v) is 9.95. The second-order valence-electron chi connectivity index (χ2n) is 3.84. The fourth-order valence-electron chi connectivity index (χ4n) is 1.55. The molecule has 0 saturated carbocycles. The highest BCUT2D eigenvalue weighted by Gasteiger charge is 2.00. The van der Waals surface area contributed by atoms with Crippen molar-refractivity contribution in [3.8, 4) is 5.75 Å². The van der Waals surface area contributed by atoms with Crippen molar-refractivity contribution in [2.75, 3.05) is 0 Å². The molecule has 18 heavy (non-hydrogen) atoms. The molecule has 0 aliphatic heterocycles. The first-order chi connectivity index (χ1) is 8.79. The Labute approximate surface area is 106 Å². The van der Waals surface area contributed by atoms with Crippen LogP contribution in [0.4, 0.5) is 11.4 Å². The van der Waals surface area contributed by atoms with E-state index in [9.17, 15) is 5.11 Å². The third kappa shape index (κ3) is 3.04. The van der Waals surface area contributed by atoms with E-state index in [0.717, 1.165) is 11.3 Å². The fraction of sp³-hybridized carbons (Fsp3) is 0.0667. The van der Waals surface area contributed by atoms with E-state index in [-0.39, 0.29) is 5.75 Å². The van der Waals surface area contributed by atoms with E-state index in [1.807, 2.05) is 42.5 Å². The summed E-state index contributed by atoms with van der Waals surface area (Å²) in [4.78, 5) is 0. The molecule has 3 nitrogen and oxygen atoms in total. The molecule has 0 bridgehead atoms. The minimum atomic E-state index is 0.222. The van der Waals surface area contributed by atoms with Crippen molar-refractivity contribution in [3.63, 3.8) is 0 Å². The van der Waals surface area contributed by atoms with Gasteiger partial charge in [-0.15, -0.1) is 6.58 Å². The molecule has 0 aromatic heterocycles. The summed E-state index contributed by atoms with van der Waals surface area (Å²) in [6, 6.07) is 14.7. The van der Waals surface area contributed by atoms with Crippen molar-refractivity contribution < 1.29 is 5.11 Å². The highest BCUT2D eigenvalue weighted by Crippen LogP contribution is 2.25. The van der Waals surface area contributed by atoms with Crippen LogP contribution in [0, 0.1) is 0 Å². The summed E-state index contributed by atoms with van der Waals surface area (Å²) in [5.41, 5.74) is 2.25. The summed E-state index contributed by atoms with van der Waals surface area (Å²) in [7, 11) is 0. The molecular formula is C15H14N2O. The number of aromatic hydroxyl groups is 1. The topological polar surface area (TPSA) is 45.0 Å². The van der Waals surface area contributed by atoms with Crippen LogP contribution in [0.1, 0.15) is 5.56 Å². The normalized spacial score (nSPS) is 10.7. The monoisotopic (exact) mass is 238 g/mol. The summed E-state index contributed by atoms with van der Waals surface area (Å²) in [5.74, 6) is 0.222. The maximum atomic E-state index is 9.77. The van der Waals surface area contributed by atoms with Gasteiger partial charge in [0.2, 0.25) is 0 Å². The smallest absolute Gasteiger partial charge is 0.121 e. The maximum Gasteiger partial charge on any atom is 0.121 e. The zero-order valence-electron chi connectivity index (χ0n) is 9.95. The summed E-state index contributed by atoms with van der Waals surface area (Å²) in [6.07, 6.45) is 2.39. The number of hydrogen-bond acceptors (Lipinski definition) is 3. The molecule has 2 aromatic rings. The van der Waals surface area contributed by atoms with Crippen molar-refractivity contribution in [1.82, 2.24) is 0 Å². The zero-order chi connectivity index (χ0) is 12.8. The Morgan fingerprint density at radius 3 is 2.39 bits per heavy atom. The van der Waals surface area contributed by atoms with E-state index in [0.29, 0.717) is 12.1 Å². The Morgan fingerprint density at radius 2 is 1.72 bits per heavy atom. The number of allylic oxidation sites excluding steroid dienone is 1. The lowest BCUT2D eigenvalue weighted by Gasteiger charge is -2.01. The van der Waals surface area contributed by atoms with Crippen molar-refractivity contribution in [2.45, 2.75) is 6.42 Å². The van der Waals surface area contributed by atoms with Crippen molar-refractivity contribution in [3.05, 3.63) is 66.7 Å². The molecule has 0 aliphatic carbocycles. The highest BCUT2D eigenvalue weighted by atomic mass is 16.3. The molecule has 0 aliphatic rings. The van der Waals surface area contributed by atoms with Crippen molar-refractivity contribution >= 4 is 11.4 Å². The quantitative estimate of drug-likeness (QED) is 0.617. The van der Waals surface area contributed by atoms with Gasteiger partial charge in [0.25, 0.3) is 0 Å². The molecule has 0 fully saturated rings. The lowest BCUT2D eigenvalue weighted by Crippen LogP contribution is -1.80. The van der Waals surface area contributed by atoms with Crippen LogP contribution in [0.3, 0.4) is 0 Å². The Hall–Kier alpha value is -2.42. The molecule has 0 unspecified atom stereocenters. The van der Waals surface area contributed by atoms with E-state index >= 15 is 0 Å². The van der Waals surface area contributed by atoms with E-state index in [1.165, 1.54) is 0 Å². The number of azo groups is 1. The Balaban J connectivity index is 2.18. The van der Waals surface area contributed by atoms with Crippen LogP contribution in [-0.2, 0) is 6.42 Å². The van der Waals surface area contributed by atoms with Crippen LogP contribution in [0.15, 0.2) is 71.4 Å². The van der Waals surface area contributed by atoms with E-state index < -0.39 is 0 Å². The number of nitrogens with zero attached hydrogens (tertiary/aromatic N) is 2. The van der Waals surface area contributed by atoms with Gasteiger partial charge in [0.1, 0.15) is 5.75 Å². The number of phenols is 1. The first-order valence-electron chi connectivity index (χ1n) is 5.69. The summed E-state index contributed by atoms with van der Waals surface area (Å²) in [5, 5.41) is 17.9. The SMILES string of the molecule is C=CCc1ccc(N=Nc2ccccc2)cc1O. The average Bonchev–Trinajstić information content (AvgIpc) is 2.41. The molecule has 2 aromatic carbocycles. The Bertz CT molecular complexity index is 562. The second kappa shape index (κ2) is 5.77. The predicted octanol–water partition coefficient (Wildman–Crippen LogP) is 4.54. The van der Waals surface area contributed by atoms with Crippen LogP contribution < -0.4 is 0 Å². The molecule has 0 atom stereocenters. The highest BCUT2D eigenvalue weighted by molar-refractivity contribution is 5.48. The van der Waals surface area contributed by atoms with Crippen LogP contribution in [-0.4, -0.2) is 5.11 Å². The van der Waals surface area contributed by atoms with E-state index in [2.05, 4.69) is 16.8 Å². The number of phenolic OH excluding ortho intramolecular Hbond substituents is 1. The number of hydrogen-bond donors (Lipinski definition) is 1. The molecule has 0 heterocycles. The Kier molecular flexibility index (Phi) is 3.86. The first kappa shape index (κ1) is 12.0. The summed E-state index contributed by atoms with van der Waals surface area (Å²) in [6.45, 7) is 3.64. The van der Waals surface area contributed by atoms with Crippen molar-refractivity contribution in [2.24, 2.45) is 10.2 Å². The maximum absolute atomic E-state index is 9.77. The minimum Gasteiger partial charge on any atom is -0.508 e. The lowest BCUT2D eigenvalue weighted by atomic mass is 10.1. The second-order valence-corrected chi connectivity index (χ2v) is 3.84.